The quantitative estimate of drug-likeness (QED) is 0.553. The molecule has 14 heavy (non-hydrogen) atoms. The molecule has 0 bridgehead atoms. The van der Waals surface area contributed by atoms with Gasteiger partial charge in [0.15, 0.2) is 0 Å². The molecule has 0 aromatic carbocycles. The number of carbonyl (C=O) groups is 2. The molecule has 0 aliphatic carbocycles. The SMILES string of the molecule is CS(=O)(=O)N1CC(=O)NCC1C(=O)O. The number of aliphatic carboxylic acids is 1. The molecule has 1 fully saturated rings. The number of nitrogens with one attached hydrogen (secondary N) is 1. The van der Waals surface area contributed by atoms with Crippen LogP contribution in [0, 0.1) is 0 Å². The maximum atomic E-state index is 11.1. The van der Waals surface area contributed by atoms with Gasteiger partial charge in [0.1, 0.15) is 6.04 Å². The third-order valence-electron chi connectivity index (χ3n) is 1.85. The molecule has 1 unspecified atom stereocenters. The Kier molecular flexibility index (Phi) is 2.76. The largest absolute Gasteiger partial charge is 0.480 e. The molecule has 1 aliphatic heterocycles. The first-order valence-corrected chi connectivity index (χ1v) is 5.63. The van der Waals surface area contributed by atoms with Crippen LogP contribution in [0.1, 0.15) is 0 Å². The van der Waals surface area contributed by atoms with Crippen molar-refractivity contribution in [1.29, 1.82) is 0 Å². The minimum absolute atomic E-state index is 0.193. The van der Waals surface area contributed by atoms with Crippen molar-refractivity contribution in [3.8, 4) is 0 Å². The van der Waals surface area contributed by atoms with Crippen molar-refractivity contribution in [3.63, 3.8) is 0 Å². The molecule has 1 amide bonds. The molecule has 8 heteroatoms. The summed E-state index contributed by atoms with van der Waals surface area (Å²) in [6.45, 7) is -0.628. The van der Waals surface area contributed by atoms with Crippen molar-refractivity contribution in [2.45, 2.75) is 6.04 Å². The molecule has 0 radical (unpaired) electrons. The first-order valence-electron chi connectivity index (χ1n) is 3.78. The Bertz CT molecular complexity index is 362. The molecule has 2 N–H and O–H groups in total. The van der Waals surface area contributed by atoms with Gasteiger partial charge in [0.25, 0.3) is 0 Å². The topological polar surface area (TPSA) is 104 Å². The highest BCUT2D eigenvalue weighted by molar-refractivity contribution is 7.88. The van der Waals surface area contributed by atoms with E-state index < -0.39 is 34.5 Å². The van der Waals surface area contributed by atoms with Gasteiger partial charge in [0, 0.05) is 6.54 Å². The molecule has 0 aromatic heterocycles. The monoisotopic (exact) mass is 222 g/mol. The zero-order valence-electron chi connectivity index (χ0n) is 7.43. The average molecular weight is 222 g/mol. The number of rotatable bonds is 2. The van der Waals surface area contributed by atoms with Crippen LogP contribution in [0.3, 0.4) is 0 Å². The second-order valence-electron chi connectivity index (χ2n) is 2.97. The summed E-state index contributed by atoms with van der Waals surface area (Å²) in [5, 5.41) is 11.0. The second kappa shape index (κ2) is 3.54. The highest BCUT2D eigenvalue weighted by Crippen LogP contribution is 2.08. The van der Waals surface area contributed by atoms with Gasteiger partial charge in [-0.25, -0.2) is 8.42 Å². The van der Waals surface area contributed by atoms with Crippen LogP contribution >= 0.6 is 0 Å². The lowest BCUT2D eigenvalue weighted by molar-refractivity contribution is -0.143. The maximum Gasteiger partial charge on any atom is 0.323 e. The minimum Gasteiger partial charge on any atom is -0.480 e. The van der Waals surface area contributed by atoms with Gasteiger partial charge in [-0.3, -0.25) is 9.59 Å². The smallest absolute Gasteiger partial charge is 0.323 e. The van der Waals surface area contributed by atoms with Gasteiger partial charge >= 0.3 is 5.97 Å². The van der Waals surface area contributed by atoms with Gasteiger partial charge < -0.3 is 10.4 Å². The number of hydrogen-bond acceptors (Lipinski definition) is 4. The molecule has 0 saturated carbocycles. The Morgan fingerprint density at radius 3 is 2.64 bits per heavy atom. The molecule has 80 valence electrons. The van der Waals surface area contributed by atoms with Crippen molar-refractivity contribution in [2.75, 3.05) is 19.3 Å². The molecule has 7 nitrogen and oxygen atoms in total. The number of carbonyl (C=O) groups excluding carboxylic acids is 1. The van der Waals surface area contributed by atoms with Gasteiger partial charge in [-0.15, -0.1) is 0 Å². The van der Waals surface area contributed by atoms with Crippen molar-refractivity contribution in [2.24, 2.45) is 0 Å². The molecule has 1 atom stereocenters. The number of carboxylic acid groups (broad SMARTS) is 1. The molecule has 1 saturated heterocycles. The summed E-state index contributed by atoms with van der Waals surface area (Å²) in [5.41, 5.74) is 0. The Hall–Kier alpha value is -1.15. The van der Waals surface area contributed by atoms with Gasteiger partial charge in [0.05, 0.1) is 12.8 Å². The predicted octanol–water partition coefficient (Wildman–Crippen LogP) is -2.17. The van der Waals surface area contributed by atoms with Gasteiger partial charge in [-0.05, 0) is 0 Å². The van der Waals surface area contributed by atoms with E-state index in [-0.39, 0.29) is 6.54 Å². The van der Waals surface area contributed by atoms with Crippen LogP contribution in [-0.2, 0) is 19.6 Å². The molecule has 1 aliphatic rings. The van der Waals surface area contributed by atoms with E-state index in [9.17, 15) is 18.0 Å². The first-order chi connectivity index (χ1) is 6.32. The normalized spacial score (nSPS) is 24.4. The van der Waals surface area contributed by atoms with Crippen LogP contribution < -0.4 is 5.32 Å². The minimum atomic E-state index is -3.66. The van der Waals surface area contributed by atoms with Crippen LogP contribution in [0.5, 0.6) is 0 Å². The van der Waals surface area contributed by atoms with Crippen molar-refractivity contribution < 1.29 is 23.1 Å². The molecule has 1 rings (SSSR count). The predicted molar refractivity (Wildman–Crippen MR) is 46.0 cm³/mol. The third kappa shape index (κ3) is 2.20. The van der Waals surface area contributed by atoms with Gasteiger partial charge in [-0.2, -0.15) is 4.31 Å². The van der Waals surface area contributed by atoms with E-state index >= 15 is 0 Å². The van der Waals surface area contributed by atoms with Gasteiger partial charge in [0.2, 0.25) is 15.9 Å². The summed E-state index contributed by atoms with van der Waals surface area (Å²) in [7, 11) is -3.66. The second-order valence-corrected chi connectivity index (χ2v) is 4.90. The van der Waals surface area contributed by atoms with E-state index in [2.05, 4.69) is 5.32 Å². The molecular weight excluding hydrogens is 212 g/mol. The molecule has 0 spiro atoms. The molecule has 0 aromatic rings. The lowest BCUT2D eigenvalue weighted by atomic mass is 10.2. The van der Waals surface area contributed by atoms with Crippen LogP contribution in [0.25, 0.3) is 0 Å². The van der Waals surface area contributed by atoms with E-state index in [4.69, 9.17) is 5.11 Å². The van der Waals surface area contributed by atoms with E-state index in [1.807, 2.05) is 0 Å². The van der Waals surface area contributed by atoms with Crippen molar-refractivity contribution in [3.05, 3.63) is 0 Å². The lowest BCUT2D eigenvalue weighted by Gasteiger charge is -2.30. The van der Waals surface area contributed by atoms with Crippen molar-refractivity contribution in [1.82, 2.24) is 9.62 Å². The summed E-state index contributed by atoms with van der Waals surface area (Å²) in [5.74, 6) is -1.76. The van der Waals surface area contributed by atoms with E-state index in [1.165, 1.54) is 0 Å². The van der Waals surface area contributed by atoms with E-state index in [0.29, 0.717) is 4.31 Å². The average Bonchev–Trinajstić information content (AvgIpc) is 2.01. The summed E-state index contributed by atoms with van der Waals surface area (Å²) in [4.78, 5) is 21.5. The number of hydrogen-bond donors (Lipinski definition) is 2. The zero-order chi connectivity index (χ0) is 10.9. The third-order valence-corrected chi connectivity index (χ3v) is 3.09. The maximum absolute atomic E-state index is 11.1. The van der Waals surface area contributed by atoms with Crippen LogP contribution in [0.4, 0.5) is 0 Å². The fourth-order valence-electron chi connectivity index (χ4n) is 1.18. The van der Waals surface area contributed by atoms with Crippen LogP contribution in [0.15, 0.2) is 0 Å². The van der Waals surface area contributed by atoms with Crippen LogP contribution in [-0.4, -0.2) is 55.1 Å². The lowest BCUT2D eigenvalue weighted by Crippen LogP contribution is -2.58. The summed E-state index contributed by atoms with van der Waals surface area (Å²) in [6, 6.07) is -1.21. The highest BCUT2D eigenvalue weighted by atomic mass is 32.2. The number of carboxylic acids is 1. The Labute approximate surface area is 80.7 Å². The number of nitrogens with zero attached hydrogens (tertiary/aromatic N) is 1. The number of piperazine rings is 1. The summed E-state index contributed by atoms with van der Waals surface area (Å²) < 4.78 is 22.9. The Morgan fingerprint density at radius 2 is 2.21 bits per heavy atom. The summed E-state index contributed by atoms with van der Waals surface area (Å²) >= 11 is 0. The fraction of sp³-hybridized carbons (Fsp3) is 0.667. The number of amides is 1. The molecular formula is C6H10N2O5S. The highest BCUT2D eigenvalue weighted by Gasteiger charge is 2.37. The van der Waals surface area contributed by atoms with Crippen LogP contribution in [0.2, 0.25) is 0 Å². The molecule has 1 heterocycles. The van der Waals surface area contributed by atoms with E-state index in [0.717, 1.165) is 6.26 Å². The standard InChI is InChI=1S/C6H10N2O5S/c1-14(12,13)8-3-5(9)7-2-4(8)6(10)11/h4H,2-3H2,1H3,(H,7,9)(H,10,11). The zero-order valence-corrected chi connectivity index (χ0v) is 8.24. The Balaban J connectivity index is 2.96. The summed E-state index contributed by atoms with van der Waals surface area (Å²) in [6.07, 6.45) is 0.877. The first kappa shape index (κ1) is 10.9. The number of sulfonamides is 1. The van der Waals surface area contributed by atoms with E-state index in [1.54, 1.807) is 0 Å². The fourth-order valence-corrected chi connectivity index (χ4v) is 2.16. The Morgan fingerprint density at radius 1 is 1.64 bits per heavy atom. The van der Waals surface area contributed by atoms with Gasteiger partial charge in [-0.1, -0.05) is 0 Å². The van der Waals surface area contributed by atoms with Crippen molar-refractivity contribution >= 4 is 21.9 Å².